The van der Waals surface area contributed by atoms with Gasteiger partial charge in [-0.3, -0.25) is 4.79 Å². The van der Waals surface area contributed by atoms with Crippen molar-refractivity contribution in [2.24, 2.45) is 5.92 Å². The van der Waals surface area contributed by atoms with Gasteiger partial charge in [-0.25, -0.2) is 4.39 Å². The van der Waals surface area contributed by atoms with Crippen molar-refractivity contribution < 1.29 is 9.18 Å². The Balaban J connectivity index is 1.24. The predicted octanol–water partition coefficient (Wildman–Crippen LogP) is 3.65. The fourth-order valence-corrected chi connectivity index (χ4v) is 3.93. The molecule has 9 heteroatoms. The summed E-state index contributed by atoms with van der Waals surface area (Å²) < 4.78 is 15.1. The number of hydrogen-bond donors (Lipinski definition) is 1. The van der Waals surface area contributed by atoms with E-state index in [1.807, 2.05) is 16.6 Å². The van der Waals surface area contributed by atoms with Crippen LogP contribution in [0, 0.1) is 11.7 Å². The Hall–Kier alpha value is -2.74. The first-order valence-corrected chi connectivity index (χ1v) is 10.2. The Morgan fingerprint density at radius 1 is 1.10 bits per heavy atom. The zero-order valence-electron chi connectivity index (χ0n) is 15.7. The average Bonchev–Trinajstić information content (AvgIpc) is 3.49. The molecule has 3 aromatic rings. The average molecular weight is 415 g/mol. The van der Waals surface area contributed by atoms with Crippen molar-refractivity contribution in [3.05, 3.63) is 47.0 Å². The van der Waals surface area contributed by atoms with Crippen LogP contribution >= 0.6 is 11.6 Å². The maximum Gasteiger partial charge on any atom is 0.227 e. The smallest absolute Gasteiger partial charge is 0.227 e. The third-order valence-electron chi connectivity index (χ3n) is 5.59. The molecule has 29 heavy (non-hydrogen) atoms. The maximum atomic E-state index is 13.3. The van der Waals surface area contributed by atoms with Crippen LogP contribution < -0.4 is 10.2 Å². The van der Waals surface area contributed by atoms with Crippen molar-refractivity contribution in [2.75, 3.05) is 23.3 Å². The number of aromatic nitrogens is 4. The number of nitrogens with zero attached hydrogens (tertiary/aromatic N) is 5. The molecule has 150 valence electrons. The van der Waals surface area contributed by atoms with Gasteiger partial charge in [-0.2, -0.15) is 4.52 Å². The van der Waals surface area contributed by atoms with Crippen molar-refractivity contribution >= 4 is 34.7 Å². The summed E-state index contributed by atoms with van der Waals surface area (Å²) in [5, 5.41) is 16.1. The summed E-state index contributed by atoms with van der Waals surface area (Å²) in [6, 6.07) is 8.10. The van der Waals surface area contributed by atoms with E-state index < -0.39 is 5.82 Å². The second-order valence-electron chi connectivity index (χ2n) is 7.67. The lowest BCUT2D eigenvalue weighted by Crippen LogP contribution is -2.38. The molecule has 1 aliphatic carbocycles. The first kappa shape index (κ1) is 18.3. The molecule has 0 bridgehead atoms. The van der Waals surface area contributed by atoms with Crippen molar-refractivity contribution in [2.45, 2.75) is 31.6 Å². The first-order valence-electron chi connectivity index (χ1n) is 9.82. The number of nitrogens with one attached hydrogen (secondary N) is 1. The summed E-state index contributed by atoms with van der Waals surface area (Å²) in [5.74, 6) is 1.63. The normalized spacial score (nSPS) is 17.7. The summed E-state index contributed by atoms with van der Waals surface area (Å²) in [7, 11) is 0. The van der Waals surface area contributed by atoms with E-state index in [1.165, 1.54) is 18.2 Å². The van der Waals surface area contributed by atoms with E-state index in [0.29, 0.717) is 11.6 Å². The molecule has 5 rings (SSSR count). The molecule has 1 aromatic carbocycles. The molecule has 1 aliphatic heterocycles. The van der Waals surface area contributed by atoms with Gasteiger partial charge in [0.2, 0.25) is 5.91 Å². The number of amides is 1. The fourth-order valence-electron chi connectivity index (χ4n) is 3.75. The highest BCUT2D eigenvalue weighted by molar-refractivity contribution is 6.31. The van der Waals surface area contributed by atoms with Gasteiger partial charge >= 0.3 is 0 Å². The molecule has 0 radical (unpaired) electrons. The standard InChI is InChI=1S/C20H20ClFN6O/c21-15-11-14(3-4-16(15)22)23-20(29)13-7-9-27(10-8-13)18-6-5-17-24-25-19(12-1-2-12)28(17)26-18/h3-6,11-13H,1-2,7-10H2,(H,23,29). The van der Waals surface area contributed by atoms with Crippen LogP contribution in [0.1, 0.15) is 37.4 Å². The molecule has 2 aliphatic rings. The highest BCUT2D eigenvalue weighted by Gasteiger charge is 2.30. The monoisotopic (exact) mass is 414 g/mol. The van der Waals surface area contributed by atoms with Gasteiger partial charge in [0.15, 0.2) is 11.5 Å². The zero-order valence-corrected chi connectivity index (χ0v) is 16.4. The second-order valence-corrected chi connectivity index (χ2v) is 8.08. The minimum atomic E-state index is -0.500. The SMILES string of the molecule is O=C(Nc1ccc(F)c(Cl)c1)C1CCN(c2ccc3nnc(C4CC4)n3n2)CC1. The van der Waals surface area contributed by atoms with Crippen molar-refractivity contribution in [1.82, 2.24) is 19.8 Å². The quantitative estimate of drug-likeness (QED) is 0.705. The molecule has 1 N–H and O–H groups in total. The second kappa shape index (κ2) is 7.26. The molecular formula is C20H20ClFN6O. The molecule has 2 aromatic heterocycles. The van der Waals surface area contributed by atoms with Gasteiger partial charge in [0, 0.05) is 30.6 Å². The van der Waals surface area contributed by atoms with Gasteiger partial charge < -0.3 is 10.2 Å². The number of halogens is 2. The van der Waals surface area contributed by atoms with E-state index >= 15 is 0 Å². The number of hydrogen-bond acceptors (Lipinski definition) is 5. The van der Waals surface area contributed by atoms with Gasteiger partial charge in [0.05, 0.1) is 5.02 Å². The summed E-state index contributed by atoms with van der Waals surface area (Å²) in [6.07, 6.45) is 3.73. The van der Waals surface area contributed by atoms with Crippen LogP contribution in [-0.4, -0.2) is 38.8 Å². The van der Waals surface area contributed by atoms with E-state index in [1.54, 1.807) is 0 Å². The Morgan fingerprint density at radius 2 is 1.90 bits per heavy atom. The predicted molar refractivity (Wildman–Crippen MR) is 108 cm³/mol. The van der Waals surface area contributed by atoms with Gasteiger partial charge in [0.1, 0.15) is 11.6 Å². The first-order chi connectivity index (χ1) is 14.1. The van der Waals surface area contributed by atoms with Crippen LogP contribution in [0.4, 0.5) is 15.9 Å². The molecule has 1 saturated carbocycles. The molecule has 3 heterocycles. The van der Waals surface area contributed by atoms with E-state index in [4.69, 9.17) is 16.7 Å². The van der Waals surface area contributed by atoms with Gasteiger partial charge in [-0.1, -0.05) is 11.6 Å². The molecule has 1 amide bonds. The van der Waals surface area contributed by atoms with Gasteiger partial charge in [-0.05, 0) is 56.0 Å². The lowest BCUT2D eigenvalue weighted by atomic mass is 9.96. The highest BCUT2D eigenvalue weighted by Crippen LogP contribution is 2.38. The minimum Gasteiger partial charge on any atom is -0.355 e. The Labute approximate surface area is 171 Å². The fraction of sp³-hybridized carbons (Fsp3) is 0.400. The number of carbonyl (C=O) groups is 1. The zero-order chi connectivity index (χ0) is 20.0. The number of fused-ring (bicyclic) bond motifs is 1. The Morgan fingerprint density at radius 3 is 2.62 bits per heavy atom. The third kappa shape index (κ3) is 3.64. The van der Waals surface area contributed by atoms with Crippen LogP contribution in [-0.2, 0) is 4.79 Å². The van der Waals surface area contributed by atoms with E-state index in [0.717, 1.165) is 56.1 Å². The van der Waals surface area contributed by atoms with Crippen LogP contribution in [0.2, 0.25) is 5.02 Å². The molecule has 0 atom stereocenters. The minimum absolute atomic E-state index is 0.00126. The maximum absolute atomic E-state index is 13.3. The number of benzene rings is 1. The van der Waals surface area contributed by atoms with E-state index in [2.05, 4.69) is 20.4 Å². The van der Waals surface area contributed by atoms with Crippen LogP contribution in [0.3, 0.4) is 0 Å². The Bertz CT molecular complexity index is 1070. The summed E-state index contributed by atoms with van der Waals surface area (Å²) >= 11 is 5.79. The lowest BCUT2D eigenvalue weighted by molar-refractivity contribution is -0.120. The van der Waals surface area contributed by atoms with Gasteiger partial charge in [-0.15, -0.1) is 15.3 Å². The summed E-state index contributed by atoms with van der Waals surface area (Å²) in [4.78, 5) is 14.8. The van der Waals surface area contributed by atoms with Crippen molar-refractivity contribution in [1.29, 1.82) is 0 Å². The number of piperidine rings is 1. The summed E-state index contributed by atoms with van der Waals surface area (Å²) in [5.41, 5.74) is 1.28. The number of rotatable bonds is 4. The molecule has 7 nitrogen and oxygen atoms in total. The lowest BCUT2D eigenvalue weighted by Gasteiger charge is -2.32. The van der Waals surface area contributed by atoms with Crippen LogP contribution in [0.25, 0.3) is 5.65 Å². The molecule has 0 unspecified atom stereocenters. The third-order valence-corrected chi connectivity index (χ3v) is 5.88. The Kier molecular flexibility index (Phi) is 4.58. The van der Waals surface area contributed by atoms with E-state index in [9.17, 15) is 9.18 Å². The molecule has 1 saturated heterocycles. The largest absolute Gasteiger partial charge is 0.355 e. The van der Waals surface area contributed by atoms with Crippen LogP contribution in [0.15, 0.2) is 30.3 Å². The highest BCUT2D eigenvalue weighted by atomic mass is 35.5. The topological polar surface area (TPSA) is 75.4 Å². The number of anilines is 2. The van der Waals surface area contributed by atoms with Crippen molar-refractivity contribution in [3.8, 4) is 0 Å². The number of carbonyl (C=O) groups excluding carboxylic acids is 1. The molecular weight excluding hydrogens is 395 g/mol. The molecule has 2 fully saturated rings. The summed E-state index contributed by atoms with van der Waals surface area (Å²) in [6.45, 7) is 1.48. The van der Waals surface area contributed by atoms with Crippen molar-refractivity contribution in [3.63, 3.8) is 0 Å². The molecule has 0 spiro atoms. The van der Waals surface area contributed by atoms with Crippen LogP contribution in [0.5, 0.6) is 0 Å². The van der Waals surface area contributed by atoms with Gasteiger partial charge in [0.25, 0.3) is 0 Å². The van der Waals surface area contributed by atoms with E-state index in [-0.39, 0.29) is 16.8 Å².